The largest absolute Gasteiger partial charge is 0.328 e. The second kappa shape index (κ2) is 5.77. The van der Waals surface area contributed by atoms with Crippen molar-refractivity contribution in [3.8, 4) is 0 Å². The monoisotopic (exact) mass is 340 g/mol. The summed E-state index contributed by atoms with van der Waals surface area (Å²) in [7, 11) is 0. The van der Waals surface area contributed by atoms with E-state index in [4.69, 9.17) is 0 Å². The lowest BCUT2D eigenvalue weighted by Crippen LogP contribution is -2.33. The third-order valence-electron chi connectivity index (χ3n) is 4.64. The Morgan fingerprint density at radius 3 is 2.92 bits per heavy atom. The molecule has 6 heteroatoms. The van der Waals surface area contributed by atoms with Gasteiger partial charge in [0, 0.05) is 17.7 Å². The summed E-state index contributed by atoms with van der Waals surface area (Å²) in [5.41, 5.74) is 4.13. The summed E-state index contributed by atoms with van der Waals surface area (Å²) < 4.78 is 1.87. The van der Waals surface area contributed by atoms with Gasteiger partial charge in [-0.1, -0.05) is 48.5 Å². The molecule has 1 aromatic carbocycles. The maximum absolute atomic E-state index is 12.8. The van der Waals surface area contributed by atoms with Gasteiger partial charge in [0.25, 0.3) is 0 Å². The number of allylic oxidation sites excluding steroid dienone is 2. The number of benzene rings is 1. The van der Waals surface area contributed by atoms with Crippen LogP contribution in [0, 0.1) is 12.8 Å². The van der Waals surface area contributed by atoms with E-state index in [0.29, 0.717) is 12.3 Å². The van der Waals surface area contributed by atoms with Gasteiger partial charge in [-0.2, -0.15) is 4.98 Å². The molecule has 1 N–H and O–H groups in total. The van der Waals surface area contributed by atoms with Crippen LogP contribution in [-0.4, -0.2) is 26.8 Å². The van der Waals surface area contributed by atoms with E-state index in [0.717, 1.165) is 34.4 Å². The number of thioether (sulfide) groups is 1. The minimum Gasteiger partial charge on any atom is -0.328 e. The lowest BCUT2D eigenvalue weighted by Gasteiger charge is -2.34. The van der Waals surface area contributed by atoms with E-state index in [1.54, 1.807) is 0 Å². The number of Topliss-reactive ketones (excluding diaryl/α,β-unsaturated/α-hetero) is 1. The zero-order valence-corrected chi connectivity index (χ0v) is 14.9. The fourth-order valence-corrected chi connectivity index (χ4v) is 3.97. The van der Waals surface area contributed by atoms with Gasteiger partial charge in [-0.3, -0.25) is 4.79 Å². The molecule has 2 aliphatic rings. The average Bonchev–Trinajstić information content (AvgIpc) is 2.95. The molecule has 24 heavy (non-hydrogen) atoms. The molecule has 5 nitrogen and oxygen atoms in total. The van der Waals surface area contributed by atoms with Crippen molar-refractivity contribution in [1.29, 1.82) is 0 Å². The van der Waals surface area contributed by atoms with Gasteiger partial charge in [0.05, 0.1) is 0 Å². The van der Waals surface area contributed by atoms with Crippen LogP contribution >= 0.6 is 11.8 Å². The molecule has 2 heterocycles. The van der Waals surface area contributed by atoms with Gasteiger partial charge in [0.15, 0.2) is 5.78 Å². The molecule has 124 valence electrons. The lowest BCUT2D eigenvalue weighted by molar-refractivity contribution is -0.117. The second-order valence-corrected chi connectivity index (χ2v) is 7.41. The van der Waals surface area contributed by atoms with Crippen LogP contribution in [0.3, 0.4) is 0 Å². The zero-order chi connectivity index (χ0) is 16.8. The molecular weight excluding hydrogens is 320 g/mol. The van der Waals surface area contributed by atoms with E-state index in [1.807, 2.05) is 17.0 Å². The number of nitrogens with zero attached hydrogens (tertiary/aromatic N) is 3. The fourth-order valence-electron chi connectivity index (χ4n) is 3.62. The van der Waals surface area contributed by atoms with E-state index in [9.17, 15) is 4.79 Å². The van der Waals surface area contributed by atoms with E-state index in [2.05, 4.69) is 47.4 Å². The first kappa shape index (κ1) is 15.4. The molecule has 0 spiro atoms. The maximum atomic E-state index is 12.8. The third-order valence-corrected chi connectivity index (χ3v) is 5.18. The number of aryl methyl sites for hydroxylation is 1. The first-order chi connectivity index (χ1) is 11.6. The van der Waals surface area contributed by atoms with Crippen LogP contribution in [0.25, 0.3) is 0 Å². The number of aromatic nitrogens is 3. The van der Waals surface area contributed by atoms with Crippen LogP contribution in [-0.2, 0) is 4.79 Å². The van der Waals surface area contributed by atoms with Crippen LogP contribution in [0.1, 0.15) is 36.9 Å². The highest BCUT2D eigenvalue weighted by atomic mass is 32.2. The number of rotatable bonds is 2. The van der Waals surface area contributed by atoms with Crippen molar-refractivity contribution in [3.05, 3.63) is 46.7 Å². The fraction of sp³-hybridized carbons (Fsp3) is 0.389. The Bertz CT molecular complexity index is 854. The van der Waals surface area contributed by atoms with Crippen LogP contribution in [0.5, 0.6) is 0 Å². The number of hydrogen-bond acceptors (Lipinski definition) is 5. The van der Waals surface area contributed by atoms with Gasteiger partial charge in [0.2, 0.25) is 11.1 Å². The summed E-state index contributed by atoms with van der Waals surface area (Å²) in [5.74, 6) is 1.30. The number of ketones is 1. The van der Waals surface area contributed by atoms with Crippen LogP contribution in [0.15, 0.2) is 40.7 Å². The highest BCUT2D eigenvalue weighted by molar-refractivity contribution is 7.98. The van der Waals surface area contributed by atoms with Crippen molar-refractivity contribution in [1.82, 2.24) is 14.8 Å². The molecule has 2 atom stereocenters. The van der Waals surface area contributed by atoms with Gasteiger partial charge in [-0.25, -0.2) is 4.68 Å². The first-order valence-electron chi connectivity index (χ1n) is 8.17. The van der Waals surface area contributed by atoms with Gasteiger partial charge in [-0.15, -0.1) is 5.10 Å². The van der Waals surface area contributed by atoms with Gasteiger partial charge >= 0.3 is 0 Å². The van der Waals surface area contributed by atoms with Crippen LogP contribution in [0.2, 0.25) is 0 Å². The summed E-state index contributed by atoms with van der Waals surface area (Å²) in [6.07, 6.45) is 3.44. The van der Waals surface area contributed by atoms with E-state index in [1.165, 1.54) is 17.3 Å². The van der Waals surface area contributed by atoms with Crippen LogP contribution < -0.4 is 5.32 Å². The van der Waals surface area contributed by atoms with E-state index < -0.39 is 0 Å². The quantitative estimate of drug-likeness (QED) is 0.847. The van der Waals surface area contributed by atoms with E-state index >= 15 is 0 Å². The molecule has 4 rings (SSSR count). The molecule has 0 unspecified atom stereocenters. The van der Waals surface area contributed by atoms with Gasteiger partial charge in [0.1, 0.15) is 6.04 Å². The highest BCUT2D eigenvalue weighted by Crippen LogP contribution is 2.41. The minimum absolute atomic E-state index is 0.190. The molecule has 0 saturated heterocycles. The molecule has 1 aromatic heterocycles. The molecular formula is C18H20N4OS. The Morgan fingerprint density at radius 1 is 1.33 bits per heavy atom. The summed E-state index contributed by atoms with van der Waals surface area (Å²) in [5, 5.41) is 8.70. The maximum Gasteiger partial charge on any atom is 0.227 e. The van der Waals surface area contributed by atoms with Crippen molar-refractivity contribution >= 4 is 23.5 Å². The zero-order valence-electron chi connectivity index (χ0n) is 14.0. The summed E-state index contributed by atoms with van der Waals surface area (Å²) in [6, 6.07) is 8.12. The SMILES string of the molecule is CSc1nc2n(n1)[C@@H](c1cccc(C)c1)C1=C(C[C@@H](C)CC1=O)N2. The molecule has 2 aromatic rings. The molecule has 0 bridgehead atoms. The third kappa shape index (κ3) is 2.45. The Morgan fingerprint density at radius 2 is 2.17 bits per heavy atom. The highest BCUT2D eigenvalue weighted by Gasteiger charge is 2.38. The summed E-state index contributed by atoms with van der Waals surface area (Å²) in [4.78, 5) is 17.4. The van der Waals surface area contributed by atoms with Crippen molar-refractivity contribution in [2.75, 3.05) is 11.6 Å². The number of carbonyl (C=O) groups excluding carboxylic acids is 1. The standard InChI is InChI=1S/C18H20N4OS/c1-10-5-4-6-12(7-10)16-15-13(8-11(2)9-14(15)23)19-17-20-18(24-3)21-22(16)17/h4-7,11,16H,8-9H2,1-3H3,(H,19,20,21)/t11-,16+/m1/s1. The molecule has 0 saturated carbocycles. The first-order valence-corrected chi connectivity index (χ1v) is 9.39. The number of anilines is 1. The second-order valence-electron chi connectivity index (χ2n) is 6.64. The topological polar surface area (TPSA) is 59.8 Å². The predicted molar refractivity (Wildman–Crippen MR) is 95.2 cm³/mol. The average molecular weight is 340 g/mol. The summed E-state index contributed by atoms with van der Waals surface area (Å²) in [6.45, 7) is 4.19. The molecule has 1 aliphatic carbocycles. The van der Waals surface area contributed by atoms with Crippen molar-refractivity contribution in [2.24, 2.45) is 5.92 Å². The Hall–Kier alpha value is -2.08. The number of carbonyl (C=O) groups is 1. The Balaban J connectivity index is 1.92. The lowest BCUT2D eigenvalue weighted by atomic mass is 9.81. The van der Waals surface area contributed by atoms with Crippen molar-refractivity contribution in [3.63, 3.8) is 0 Å². The number of hydrogen-bond donors (Lipinski definition) is 1. The molecule has 1 aliphatic heterocycles. The summed E-state index contributed by atoms with van der Waals surface area (Å²) >= 11 is 1.51. The molecule has 0 fully saturated rings. The van der Waals surface area contributed by atoms with Crippen molar-refractivity contribution < 1.29 is 4.79 Å². The predicted octanol–water partition coefficient (Wildman–Crippen LogP) is 3.58. The Labute approximate surface area is 145 Å². The van der Waals surface area contributed by atoms with E-state index in [-0.39, 0.29) is 11.8 Å². The number of nitrogens with one attached hydrogen (secondary N) is 1. The molecule has 0 radical (unpaired) electrons. The van der Waals surface area contributed by atoms with Gasteiger partial charge in [-0.05, 0) is 31.1 Å². The van der Waals surface area contributed by atoms with Crippen LogP contribution in [0.4, 0.5) is 5.95 Å². The number of fused-ring (bicyclic) bond motifs is 1. The normalized spacial score (nSPS) is 22.9. The van der Waals surface area contributed by atoms with Crippen molar-refractivity contribution in [2.45, 2.75) is 37.9 Å². The van der Waals surface area contributed by atoms with Gasteiger partial charge < -0.3 is 5.32 Å². The Kier molecular flexibility index (Phi) is 3.72. The molecule has 0 amide bonds. The minimum atomic E-state index is -0.190. The smallest absolute Gasteiger partial charge is 0.227 e.